The van der Waals surface area contributed by atoms with E-state index >= 15 is 0 Å². The smallest absolute Gasteiger partial charge is 0.160 e. The van der Waals surface area contributed by atoms with Crippen molar-refractivity contribution in [2.24, 2.45) is 0 Å². The topological polar surface area (TPSA) is 48.2 Å². The van der Waals surface area contributed by atoms with Gasteiger partial charge < -0.3 is 9.15 Å². The molecule has 294 valence electrons. The highest BCUT2D eigenvalue weighted by molar-refractivity contribution is 6.09. The molecule has 2 aliphatic rings. The average molecular weight is 805 g/mol. The normalized spacial score (nSPS) is 13.0. The molecule has 0 saturated carbocycles. The SMILES string of the molecule is c1ccc(-c2nc(-c3ccc(-c4cccc5c4oc4ccccc45)cc3)cc(-c3ccccc3-c3cccc4c3Oc3ccccc3C43c4ccccc4-c4ccccc43)n2)cc1. The Morgan fingerprint density at radius 1 is 0.349 bits per heavy atom. The Morgan fingerprint density at radius 2 is 0.905 bits per heavy atom. The zero-order chi connectivity index (χ0) is 41.5. The van der Waals surface area contributed by atoms with Crippen LogP contribution in [-0.4, -0.2) is 9.97 Å². The average Bonchev–Trinajstić information content (AvgIpc) is 3.88. The van der Waals surface area contributed by atoms with Gasteiger partial charge in [0.25, 0.3) is 0 Å². The Hall–Kier alpha value is -8.34. The molecular weight excluding hydrogens is 769 g/mol. The van der Waals surface area contributed by atoms with Gasteiger partial charge in [0, 0.05) is 49.7 Å². The third-order valence-electron chi connectivity index (χ3n) is 13.0. The molecule has 0 saturated heterocycles. The fourth-order valence-electron chi connectivity index (χ4n) is 10.3. The summed E-state index contributed by atoms with van der Waals surface area (Å²) in [5.74, 6) is 2.37. The molecule has 0 fully saturated rings. The van der Waals surface area contributed by atoms with E-state index in [1.54, 1.807) is 0 Å². The van der Waals surface area contributed by atoms with Crippen LogP contribution in [0.4, 0.5) is 0 Å². The monoisotopic (exact) mass is 804 g/mol. The summed E-state index contributed by atoms with van der Waals surface area (Å²) in [6.45, 7) is 0. The quantitative estimate of drug-likeness (QED) is 0.174. The first-order chi connectivity index (χ1) is 31.2. The molecular formula is C59H36N2O2. The maximum Gasteiger partial charge on any atom is 0.160 e. The predicted octanol–water partition coefficient (Wildman–Crippen LogP) is 15.2. The van der Waals surface area contributed by atoms with Crippen LogP contribution in [0.3, 0.4) is 0 Å². The molecule has 1 spiro atoms. The van der Waals surface area contributed by atoms with Gasteiger partial charge in [0.15, 0.2) is 5.82 Å². The van der Waals surface area contributed by atoms with E-state index < -0.39 is 5.41 Å². The van der Waals surface area contributed by atoms with Crippen molar-refractivity contribution in [1.82, 2.24) is 9.97 Å². The van der Waals surface area contributed by atoms with Crippen LogP contribution in [0.15, 0.2) is 223 Å². The second-order valence-electron chi connectivity index (χ2n) is 16.4. The molecule has 1 aliphatic carbocycles. The third kappa shape index (κ3) is 5.28. The molecule has 0 N–H and O–H groups in total. The zero-order valence-electron chi connectivity index (χ0n) is 34.0. The van der Waals surface area contributed by atoms with Crippen molar-refractivity contribution in [2.45, 2.75) is 5.41 Å². The number of hydrogen-bond donors (Lipinski definition) is 0. The van der Waals surface area contributed by atoms with E-state index in [1.165, 1.54) is 22.3 Å². The van der Waals surface area contributed by atoms with Gasteiger partial charge >= 0.3 is 0 Å². The standard InChI is InChI=1S/C59H36N2O2/c1-2-16-39(17-3-1)58-60-52(38-34-32-37(33-35-38)40-23-14-24-47-45-22-8-12-30-54(45)62-56(40)47)36-53(61-58)44-21-5-4-18-41(44)46-25-15-29-51-57(46)63-55-31-13-11-28-50(55)59(51)48-26-9-6-19-42(48)43-20-7-10-27-49(43)59/h1-36H. The van der Waals surface area contributed by atoms with Crippen molar-refractivity contribution in [1.29, 1.82) is 0 Å². The largest absolute Gasteiger partial charge is 0.456 e. The molecule has 0 unspecified atom stereocenters. The number of rotatable bonds is 5. The van der Waals surface area contributed by atoms with Gasteiger partial charge in [-0.05, 0) is 51.6 Å². The Labute approximate surface area is 364 Å². The first-order valence-electron chi connectivity index (χ1n) is 21.4. The lowest BCUT2D eigenvalue weighted by Gasteiger charge is -2.40. The summed E-state index contributed by atoms with van der Waals surface area (Å²) in [6.07, 6.45) is 0. The van der Waals surface area contributed by atoms with Crippen LogP contribution in [0.5, 0.6) is 11.5 Å². The number of nitrogens with zero attached hydrogens (tertiary/aromatic N) is 2. The molecule has 9 aromatic carbocycles. The number of benzene rings is 9. The van der Waals surface area contributed by atoms with Crippen LogP contribution in [-0.2, 0) is 5.41 Å². The Morgan fingerprint density at radius 3 is 1.70 bits per heavy atom. The molecule has 63 heavy (non-hydrogen) atoms. The van der Waals surface area contributed by atoms with Gasteiger partial charge in [-0.25, -0.2) is 9.97 Å². The highest BCUT2D eigenvalue weighted by Gasteiger charge is 2.51. The summed E-state index contributed by atoms with van der Waals surface area (Å²) >= 11 is 0. The molecule has 4 heteroatoms. The minimum Gasteiger partial charge on any atom is -0.456 e. The number of ether oxygens (including phenoxy) is 1. The van der Waals surface area contributed by atoms with E-state index in [2.05, 4.69) is 188 Å². The zero-order valence-corrected chi connectivity index (χ0v) is 34.0. The fourth-order valence-corrected chi connectivity index (χ4v) is 10.3. The predicted molar refractivity (Wildman–Crippen MR) is 254 cm³/mol. The molecule has 2 aromatic heterocycles. The number of hydrogen-bond acceptors (Lipinski definition) is 4. The van der Waals surface area contributed by atoms with Crippen LogP contribution < -0.4 is 4.74 Å². The summed E-state index contributed by atoms with van der Waals surface area (Å²) in [5.41, 5.74) is 17.3. The number of fused-ring (bicyclic) bond motifs is 12. The second kappa shape index (κ2) is 13.8. The Kier molecular flexibility index (Phi) is 7.79. The number of furan rings is 1. The van der Waals surface area contributed by atoms with E-state index in [-0.39, 0.29) is 0 Å². The summed E-state index contributed by atoms with van der Waals surface area (Å²) in [5, 5.41) is 2.23. The van der Waals surface area contributed by atoms with Gasteiger partial charge in [-0.1, -0.05) is 200 Å². The second-order valence-corrected chi connectivity index (χ2v) is 16.4. The van der Waals surface area contributed by atoms with Gasteiger partial charge in [-0.2, -0.15) is 0 Å². The highest BCUT2D eigenvalue weighted by Crippen LogP contribution is 2.63. The van der Waals surface area contributed by atoms with E-state index in [4.69, 9.17) is 19.1 Å². The van der Waals surface area contributed by atoms with E-state index in [0.717, 1.165) is 94.9 Å². The lowest BCUT2D eigenvalue weighted by Crippen LogP contribution is -2.32. The van der Waals surface area contributed by atoms with Crippen LogP contribution in [0, 0.1) is 0 Å². The lowest BCUT2D eigenvalue weighted by molar-refractivity contribution is 0.438. The molecule has 0 bridgehead atoms. The molecule has 4 nitrogen and oxygen atoms in total. The fraction of sp³-hybridized carbons (Fsp3) is 0.0169. The van der Waals surface area contributed by atoms with Crippen molar-refractivity contribution >= 4 is 21.9 Å². The van der Waals surface area contributed by atoms with Crippen molar-refractivity contribution in [2.75, 3.05) is 0 Å². The number of para-hydroxylation sites is 4. The van der Waals surface area contributed by atoms with Crippen LogP contribution in [0.2, 0.25) is 0 Å². The molecule has 0 amide bonds. The van der Waals surface area contributed by atoms with E-state index in [1.807, 2.05) is 30.3 Å². The summed E-state index contributed by atoms with van der Waals surface area (Å²) < 4.78 is 13.5. The van der Waals surface area contributed by atoms with Crippen molar-refractivity contribution < 1.29 is 9.15 Å². The van der Waals surface area contributed by atoms with Gasteiger partial charge in [-0.3, -0.25) is 0 Å². The summed E-state index contributed by atoms with van der Waals surface area (Å²) in [7, 11) is 0. The van der Waals surface area contributed by atoms with Gasteiger partial charge in [0.05, 0.1) is 16.8 Å². The third-order valence-corrected chi connectivity index (χ3v) is 13.0. The molecule has 0 atom stereocenters. The highest BCUT2D eigenvalue weighted by atomic mass is 16.5. The minimum atomic E-state index is -0.563. The summed E-state index contributed by atoms with van der Waals surface area (Å²) in [6, 6.07) is 77.0. The van der Waals surface area contributed by atoms with Crippen molar-refractivity contribution in [3.63, 3.8) is 0 Å². The lowest BCUT2D eigenvalue weighted by atomic mass is 9.65. The van der Waals surface area contributed by atoms with Crippen LogP contribution in [0.25, 0.3) is 89.2 Å². The Balaban J connectivity index is 0.979. The molecule has 13 rings (SSSR count). The Bertz CT molecular complexity index is 3560. The van der Waals surface area contributed by atoms with Gasteiger partial charge in [0.1, 0.15) is 22.7 Å². The summed E-state index contributed by atoms with van der Waals surface area (Å²) in [4.78, 5) is 10.5. The first-order valence-corrected chi connectivity index (χ1v) is 21.4. The molecule has 3 heterocycles. The van der Waals surface area contributed by atoms with Crippen LogP contribution >= 0.6 is 0 Å². The maximum absolute atomic E-state index is 7.11. The molecule has 1 aliphatic heterocycles. The molecule has 11 aromatic rings. The van der Waals surface area contributed by atoms with Crippen LogP contribution in [0.1, 0.15) is 22.3 Å². The van der Waals surface area contributed by atoms with Crippen molar-refractivity contribution in [3.05, 3.63) is 241 Å². The maximum atomic E-state index is 7.11. The van der Waals surface area contributed by atoms with E-state index in [0.29, 0.717) is 5.82 Å². The minimum absolute atomic E-state index is 0.563. The van der Waals surface area contributed by atoms with Gasteiger partial charge in [0.2, 0.25) is 0 Å². The first kappa shape index (κ1) is 35.4. The van der Waals surface area contributed by atoms with Gasteiger partial charge in [-0.15, -0.1) is 0 Å². The van der Waals surface area contributed by atoms with E-state index in [9.17, 15) is 0 Å². The molecule has 0 radical (unpaired) electrons. The van der Waals surface area contributed by atoms with Crippen molar-refractivity contribution in [3.8, 4) is 78.8 Å². The number of aromatic nitrogens is 2.